The Kier molecular flexibility index (Phi) is 3.40. The molecule has 0 saturated carbocycles. The van der Waals surface area contributed by atoms with E-state index >= 15 is 0 Å². The van der Waals surface area contributed by atoms with Crippen molar-refractivity contribution in [1.29, 1.82) is 0 Å². The zero-order valence-electron chi connectivity index (χ0n) is 15.3. The van der Waals surface area contributed by atoms with E-state index in [1.165, 1.54) is 0 Å². The molecule has 29 heavy (non-hydrogen) atoms. The second-order valence-corrected chi connectivity index (χ2v) is 7.05. The lowest BCUT2D eigenvalue weighted by molar-refractivity contribution is -0.116. The summed E-state index contributed by atoms with van der Waals surface area (Å²) in [4.78, 5) is 26.4. The Labute approximate surface area is 164 Å². The van der Waals surface area contributed by atoms with Gasteiger partial charge >= 0.3 is 0 Å². The Balaban J connectivity index is 1.62. The molecule has 1 aliphatic heterocycles. The van der Waals surface area contributed by atoms with Crippen molar-refractivity contribution in [3.63, 3.8) is 0 Å². The van der Waals surface area contributed by atoms with Crippen LogP contribution < -0.4 is 4.74 Å². The Morgan fingerprint density at radius 1 is 1.10 bits per heavy atom. The van der Waals surface area contributed by atoms with Crippen molar-refractivity contribution in [2.45, 2.75) is 25.2 Å². The van der Waals surface area contributed by atoms with Gasteiger partial charge in [0.05, 0.1) is 17.7 Å². The quantitative estimate of drug-likeness (QED) is 0.522. The average Bonchev–Trinajstić information content (AvgIpc) is 3.43. The van der Waals surface area contributed by atoms with Gasteiger partial charge in [0, 0.05) is 24.6 Å². The van der Waals surface area contributed by atoms with Crippen LogP contribution in [-0.2, 0) is 4.79 Å². The van der Waals surface area contributed by atoms with Crippen molar-refractivity contribution < 1.29 is 13.9 Å². The van der Waals surface area contributed by atoms with Gasteiger partial charge in [-0.15, -0.1) is 5.10 Å². The number of carbonyl (C=O) groups is 1. The van der Waals surface area contributed by atoms with Gasteiger partial charge in [0.25, 0.3) is 0 Å². The number of hydrogen-bond donors (Lipinski definition) is 0. The minimum Gasteiger partial charge on any atom is -0.468 e. The van der Waals surface area contributed by atoms with Gasteiger partial charge < -0.3 is 9.15 Å². The molecule has 1 aliphatic carbocycles. The Bertz CT molecular complexity index is 1270. The first-order chi connectivity index (χ1) is 14.3. The van der Waals surface area contributed by atoms with Gasteiger partial charge in [-0.25, -0.2) is 14.5 Å². The van der Waals surface area contributed by atoms with Gasteiger partial charge in [-0.3, -0.25) is 9.78 Å². The molecule has 0 bridgehead atoms. The number of ketones is 1. The number of Topliss-reactive ketones (excluding diaryl/α,β-unsaturated/α-hetero) is 1. The minimum absolute atomic E-state index is 0.0739. The molecule has 4 aromatic heterocycles. The fourth-order valence-electron chi connectivity index (χ4n) is 4.06. The third-order valence-corrected chi connectivity index (χ3v) is 5.31. The fourth-order valence-corrected chi connectivity index (χ4v) is 4.06. The molecule has 6 rings (SSSR count). The molecule has 0 saturated heterocycles. The molecule has 8 heteroatoms. The second kappa shape index (κ2) is 6.10. The van der Waals surface area contributed by atoms with Crippen LogP contribution in [0.3, 0.4) is 0 Å². The van der Waals surface area contributed by atoms with E-state index in [0.717, 1.165) is 6.42 Å². The van der Waals surface area contributed by atoms with Crippen molar-refractivity contribution in [2.24, 2.45) is 0 Å². The molecule has 1 atom stereocenters. The van der Waals surface area contributed by atoms with Crippen LogP contribution >= 0.6 is 0 Å². The molecule has 5 heterocycles. The molecule has 2 aliphatic rings. The Morgan fingerprint density at radius 2 is 2.07 bits per heavy atom. The Hall–Kier alpha value is -3.81. The lowest BCUT2D eigenvalue weighted by atomic mass is 9.80. The number of hydrogen-bond acceptors (Lipinski definition) is 7. The van der Waals surface area contributed by atoms with Crippen LogP contribution in [0.2, 0.25) is 0 Å². The average molecular weight is 385 g/mol. The van der Waals surface area contributed by atoms with Crippen LogP contribution in [0.25, 0.3) is 17.2 Å². The zero-order chi connectivity index (χ0) is 19.4. The summed E-state index contributed by atoms with van der Waals surface area (Å²) in [5.41, 5.74) is 2.55. The number of nitrogens with zero attached hydrogens (tertiary/aromatic N) is 5. The summed E-state index contributed by atoms with van der Waals surface area (Å²) in [6.07, 6.45) is 6.85. The fraction of sp³-hybridized carbons (Fsp3) is 0.190. The first-order valence-electron chi connectivity index (χ1n) is 9.44. The Morgan fingerprint density at radius 3 is 2.90 bits per heavy atom. The molecule has 0 fully saturated rings. The molecule has 0 spiro atoms. The molecule has 0 radical (unpaired) electrons. The lowest BCUT2D eigenvalue weighted by Gasteiger charge is -2.30. The van der Waals surface area contributed by atoms with Crippen molar-refractivity contribution in [1.82, 2.24) is 24.6 Å². The molecule has 8 nitrogen and oxygen atoms in total. The number of carbonyl (C=O) groups excluding carboxylic acids is 1. The van der Waals surface area contributed by atoms with Gasteiger partial charge in [-0.1, -0.05) is 6.07 Å². The highest BCUT2D eigenvalue weighted by Crippen LogP contribution is 2.47. The van der Waals surface area contributed by atoms with Crippen molar-refractivity contribution in [3.05, 3.63) is 71.8 Å². The summed E-state index contributed by atoms with van der Waals surface area (Å²) < 4.78 is 13.4. The molecule has 1 unspecified atom stereocenters. The number of furan rings is 1. The molecule has 0 aromatic carbocycles. The summed E-state index contributed by atoms with van der Waals surface area (Å²) >= 11 is 0. The number of aromatic nitrogens is 5. The first kappa shape index (κ1) is 16.2. The van der Waals surface area contributed by atoms with Gasteiger partial charge in [0.2, 0.25) is 11.7 Å². The molecule has 142 valence electrons. The van der Waals surface area contributed by atoms with Gasteiger partial charge in [0.1, 0.15) is 23.5 Å². The smallest absolute Gasteiger partial charge is 0.228 e. The highest BCUT2D eigenvalue weighted by Gasteiger charge is 2.40. The second-order valence-electron chi connectivity index (χ2n) is 7.05. The third kappa shape index (κ3) is 2.42. The highest BCUT2D eigenvalue weighted by atomic mass is 16.5. The van der Waals surface area contributed by atoms with Crippen LogP contribution in [0, 0.1) is 0 Å². The monoisotopic (exact) mass is 385 g/mol. The van der Waals surface area contributed by atoms with Gasteiger partial charge in [0.15, 0.2) is 11.4 Å². The number of ether oxygens (including phenoxy) is 1. The van der Waals surface area contributed by atoms with E-state index in [1.807, 2.05) is 30.3 Å². The predicted octanol–water partition coefficient (Wildman–Crippen LogP) is 3.31. The topological polar surface area (TPSA) is 95.4 Å². The molecule has 0 amide bonds. The first-order valence-corrected chi connectivity index (χ1v) is 9.44. The molecular weight excluding hydrogens is 370 g/mol. The van der Waals surface area contributed by atoms with Crippen LogP contribution in [0.4, 0.5) is 0 Å². The van der Waals surface area contributed by atoms with Crippen molar-refractivity contribution in [2.75, 3.05) is 0 Å². The largest absolute Gasteiger partial charge is 0.468 e. The normalized spacial score (nSPS) is 18.5. The van der Waals surface area contributed by atoms with Crippen LogP contribution in [0.1, 0.15) is 36.5 Å². The third-order valence-electron chi connectivity index (χ3n) is 5.31. The summed E-state index contributed by atoms with van der Waals surface area (Å²) in [6, 6.07) is 9.25. The van der Waals surface area contributed by atoms with E-state index < -0.39 is 5.92 Å². The lowest BCUT2D eigenvalue weighted by Crippen LogP contribution is -2.26. The highest BCUT2D eigenvalue weighted by molar-refractivity contribution is 5.99. The predicted molar refractivity (Wildman–Crippen MR) is 101 cm³/mol. The number of pyridine rings is 1. The number of rotatable bonds is 2. The van der Waals surface area contributed by atoms with E-state index in [-0.39, 0.29) is 5.78 Å². The van der Waals surface area contributed by atoms with E-state index in [1.54, 1.807) is 23.3 Å². The zero-order valence-corrected chi connectivity index (χ0v) is 15.3. The number of allylic oxidation sites excluding steroid dienone is 2. The summed E-state index contributed by atoms with van der Waals surface area (Å²) in [5, 5.41) is 4.52. The van der Waals surface area contributed by atoms with E-state index in [0.29, 0.717) is 58.5 Å². The number of fused-ring (bicyclic) bond motifs is 3. The van der Waals surface area contributed by atoms with Gasteiger partial charge in [-0.05, 0) is 30.7 Å². The van der Waals surface area contributed by atoms with Crippen LogP contribution in [-0.4, -0.2) is 30.3 Å². The van der Waals surface area contributed by atoms with Crippen molar-refractivity contribution in [3.8, 4) is 17.4 Å². The van der Waals surface area contributed by atoms with Crippen LogP contribution in [0.15, 0.2) is 64.9 Å². The maximum atomic E-state index is 12.9. The molecule has 4 aromatic rings. The van der Waals surface area contributed by atoms with Crippen LogP contribution in [0.5, 0.6) is 5.88 Å². The standard InChI is InChI=1S/C21H15N5O3/c27-13-6-3-7-15-16(13)17(14-8-4-10-28-14)18-20-24-19(12-5-1-2-9-22-12)25-26(20)11-23-21(18)29-15/h1-2,4-5,8-11,17H,3,6-7H2. The molecule has 0 N–H and O–H groups in total. The maximum Gasteiger partial charge on any atom is 0.228 e. The van der Waals surface area contributed by atoms with Crippen molar-refractivity contribution >= 4 is 11.4 Å². The minimum atomic E-state index is -0.423. The van der Waals surface area contributed by atoms with E-state index in [9.17, 15) is 4.79 Å². The maximum absolute atomic E-state index is 12.9. The summed E-state index contributed by atoms with van der Waals surface area (Å²) in [7, 11) is 0. The van der Waals surface area contributed by atoms with E-state index in [4.69, 9.17) is 14.1 Å². The SMILES string of the molecule is O=C1CCCC2=C1C(c1ccco1)c1c(ncn3nc(-c4ccccn4)nc13)O2. The summed E-state index contributed by atoms with van der Waals surface area (Å²) in [6.45, 7) is 0. The summed E-state index contributed by atoms with van der Waals surface area (Å²) in [5.74, 6) is 1.91. The van der Waals surface area contributed by atoms with E-state index in [2.05, 4.69) is 15.1 Å². The van der Waals surface area contributed by atoms with Gasteiger partial charge in [-0.2, -0.15) is 0 Å². The molecular formula is C21H15N5O3.